The number of rotatable bonds is 8. The topological polar surface area (TPSA) is 138 Å². The van der Waals surface area contributed by atoms with Crippen molar-refractivity contribution in [2.24, 2.45) is 4.99 Å². The molecule has 216 valence electrons. The molecule has 1 atom stereocenters. The average molecular weight is 607 g/mol. The van der Waals surface area contributed by atoms with Gasteiger partial charge in [-0.15, -0.1) is 0 Å². The Labute approximate surface area is 247 Å². The third-order valence-corrected chi connectivity index (χ3v) is 8.32. The van der Waals surface area contributed by atoms with Crippen molar-refractivity contribution in [1.82, 2.24) is 14.5 Å². The summed E-state index contributed by atoms with van der Waals surface area (Å²) in [6.07, 6.45) is 2.93. The Morgan fingerprint density at radius 2 is 2.02 bits per heavy atom. The first-order valence-electron chi connectivity index (χ1n) is 13.3. The van der Waals surface area contributed by atoms with Gasteiger partial charge in [0.15, 0.2) is 26.5 Å². The molecule has 6 rings (SSSR count). The molecular weight excluding hydrogens is 580 g/mol. The number of carbonyl (C=O) groups excluding carboxylic acids is 1. The lowest BCUT2D eigenvalue weighted by atomic mass is 9.94. The van der Waals surface area contributed by atoms with Crippen LogP contribution in [0.1, 0.15) is 49.7 Å². The molecule has 0 bridgehead atoms. The number of aryl methyl sites for hydroxylation is 1. The number of allylic oxidation sites excluding steroid dienone is 1. The highest BCUT2D eigenvalue weighted by molar-refractivity contribution is 7.99. The molecule has 0 radical (unpaired) electrons. The highest BCUT2D eigenvalue weighted by Crippen LogP contribution is 2.39. The molecular formula is C29H26N4O7S2. The summed E-state index contributed by atoms with van der Waals surface area (Å²) in [5.41, 5.74) is 1.61. The van der Waals surface area contributed by atoms with E-state index >= 15 is 0 Å². The Morgan fingerprint density at radius 1 is 1.19 bits per heavy atom. The molecule has 3 aromatic heterocycles. The number of furan rings is 1. The third kappa shape index (κ3) is 5.32. The van der Waals surface area contributed by atoms with Crippen molar-refractivity contribution in [3.05, 3.63) is 94.7 Å². The highest BCUT2D eigenvalue weighted by atomic mass is 32.2. The van der Waals surface area contributed by atoms with Gasteiger partial charge in [0.1, 0.15) is 5.76 Å². The molecule has 0 unspecified atom stereocenters. The molecule has 4 aromatic rings. The molecule has 13 heteroatoms. The molecule has 5 heterocycles. The Morgan fingerprint density at radius 3 is 2.81 bits per heavy atom. The van der Waals surface area contributed by atoms with E-state index in [4.69, 9.17) is 23.6 Å². The maximum Gasteiger partial charge on any atom is 0.338 e. The maximum absolute atomic E-state index is 14.0. The molecule has 1 N–H and O–H groups in total. The van der Waals surface area contributed by atoms with Crippen LogP contribution >= 0.6 is 23.1 Å². The number of nitrogens with one attached hydrogen (secondary N) is 1. The lowest BCUT2D eigenvalue weighted by Crippen LogP contribution is -2.40. The van der Waals surface area contributed by atoms with Crippen LogP contribution in [0.25, 0.3) is 6.08 Å². The normalized spacial score (nSPS) is 16.0. The van der Waals surface area contributed by atoms with Gasteiger partial charge in [0.05, 0.1) is 28.5 Å². The van der Waals surface area contributed by atoms with E-state index in [1.54, 1.807) is 44.2 Å². The number of esters is 1. The summed E-state index contributed by atoms with van der Waals surface area (Å²) in [4.78, 5) is 51.3. The summed E-state index contributed by atoms with van der Waals surface area (Å²) in [6, 6.07) is 9.49. The highest BCUT2D eigenvalue weighted by Gasteiger charge is 2.35. The van der Waals surface area contributed by atoms with E-state index in [0.29, 0.717) is 65.8 Å². The quantitative estimate of drug-likeness (QED) is 0.236. The lowest BCUT2D eigenvalue weighted by Gasteiger charge is -2.25. The SMILES string of the molecule is CCCC1=C(C(=O)OCC)[C@@H](c2ccc3c(c2)OCO3)n2c(s/c(=C/c3ccc(Sc4nc(C)cc(=O)[nH]4)o3)c2=O)=N1. The summed E-state index contributed by atoms with van der Waals surface area (Å²) < 4.78 is 24.4. The Kier molecular flexibility index (Phi) is 7.60. The van der Waals surface area contributed by atoms with Gasteiger partial charge in [-0.2, -0.15) is 0 Å². The van der Waals surface area contributed by atoms with Crippen LogP contribution in [-0.2, 0) is 9.53 Å². The van der Waals surface area contributed by atoms with E-state index < -0.39 is 12.0 Å². The molecule has 0 spiro atoms. The molecule has 42 heavy (non-hydrogen) atoms. The van der Waals surface area contributed by atoms with Crippen LogP contribution in [0.3, 0.4) is 0 Å². The number of hydrogen-bond donors (Lipinski definition) is 1. The van der Waals surface area contributed by atoms with Gasteiger partial charge in [-0.1, -0.05) is 30.7 Å². The van der Waals surface area contributed by atoms with Crippen molar-refractivity contribution in [2.75, 3.05) is 13.4 Å². The minimum atomic E-state index is -0.773. The Bertz CT molecular complexity index is 1970. The molecule has 2 aliphatic rings. The van der Waals surface area contributed by atoms with E-state index in [9.17, 15) is 14.4 Å². The van der Waals surface area contributed by atoms with Crippen molar-refractivity contribution in [3.8, 4) is 11.5 Å². The Balaban J connectivity index is 1.45. The van der Waals surface area contributed by atoms with E-state index in [1.165, 1.54) is 33.7 Å². The average Bonchev–Trinajstić information content (AvgIpc) is 3.67. The first-order valence-corrected chi connectivity index (χ1v) is 14.9. The van der Waals surface area contributed by atoms with Gasteiger partial charge in [-0.05, 0) is 61.9 Å². The minimum absolute atomic E-state index is 0.0998. The first kappa shape index (κ1) is 27.8. The predicted octanol–water partition coefficient (Wildman–Crippen LogP) is 3.44. The zero-order chi connectivity index (χ0) is 29.4. The molecule has 2 aliphatic heterocycles. The van der Waals surface area contributed by atoms with Crippen LogP contribution in [0.5, 0.6) is 11.5 Å². The van der Waals surface area contributed by atoms with Gasteiger partial charge in [-0.3, -0.25) is 14.2 Å². The molecule has 0 saturated carbocycles. The van der Waals surface area contributed by atoms with E-state index in [-0.39, 0.29) is 24.5 Å². The molecule has 0 fully saturated rings. The predicted molar refractivity (Wildman–Crippen MR) is 155 cm³/mol. The van der Waals surface area contributed by atoms with Gasteiger partial charge in [-0.25, -0.2) is 14.8 Å². The van der Waals surface area contributed by atoms with Crippen LogP contribution in [0.2, 0.25) is 0 Å². The number of hydrogen-bond acceptors (Lipinski definition) is 11. The third-order valence-electron chi connectivity index (χ3n) is 6.53. The number of carbonyl (C=O) groups is 1. The monoisotopic (exact) mass is 606 g/mol. The Hall–Kier alpha value is -4.36. The van der Waals surface area contributed by atoms with E-state index in [0.717, 1.165) is 6.42 Å². The molecule has 11 nitrogen and oxygen atoms in total. The van der Waals surface area contributed by atoms with Crippen LogP contribution in [0.4, 0.5) is 0 Å². The van der Waals surface area contributed by atoms with Gasteiger partial charge in [0.25, 0.3) is 11.1 Å². The second-order valence-corrected chi connectivity index (χ2v) is 11.5. The largest absolute Gasteiger partial charge is 0.463 e. The maximum atomic E-state index is 14.0. The fourth-order valence-corrected chi connectivity index (χ4v) is 6.62. The van der Waals surface area contributed by atoms with Crippen LogP contribution < -0.4 is 29.9 Å². The fourth-order valence-electron chi connectivity index (χ4n) is 4.81. The van der Waals surface area contributed by atoms with Crippen molar-refractivity contribution in [3.63, 3.8) is 0 Å². The number of thiazole rings is 1. The standard InChI is InChI=1S/C29H26N4O7S2/c1-4-6-18-24(27(36)37-5-2)25(16-7-9-19-20(12-16)39-14-38-19)33-26(35)21(41-29(33)31-18)13-17-8-10-23(40-17)42-28-30-15(3)11-22(34)32-28/h7-13,25H,4-6,14H2,1-3H3,(H,30,32,34)/b21-13+/t25-/m1/s1. The summed E-state index contributed by atoms with van der Waals surface area (Å²) in [5, 5.41) is 0.898. The van der Waals surface area contributed by atoms with Crippen molar-refractivity contribution in [2.45, 2.75) is 49.9 Å². The minimum Gasteiger partial charge on any atom is -0.463 e. The number of ether oxygens (including phenoxy) is 3. The number of aromatic nitrogens is 3. The fraction of sp³-hybridized carbons (Fsp3) is 0.276. The van der Waals surface area contributed by atoms with Gasteiger partial charge < -0.3 is 23.6 Å². The first-order chi connectivity index (χ1) is 20.3. The number of benzene rings is 1. The van der Waals surface area contributed by atoms with E-state index in [2.05, 4.69) is 9.97 Å². The van der Waals surface area contributed by atoms with Crippen molar-refractivity contribution < 1.29 is 23.4 Å². The summed E-state index contributed by atoms with van der Waals surface area (Å²) >= 11 is 2.38. The molecule has 0 saturated heterocycles. The van der Waals surface area contributed by atoms with Crippen LogP contribution in [0.15, 0.2) is 76.9 Å². The van der Waals surface area contributed by atoms with Gasteiger partial charge >= 0.3 is 5.97 Å². The summed E-state index contributed by atoms with van der Waals surface area (Å²) in [5.74, 6) is 1.06. The number of aromatic amines is 1. The molecule has 1 aromatic carbocycles. The summed E-state index contributed by atoms with van der Waals surface area (Å²) in [7, 11) is 0. The number of H-pyrrole nitrogens is 1. The van der Waals surface area contributed by atoms with E-state index in [1.807, 2.05) is 13.0 Å². The van der Waals surface area contributed by atoms with Crippen LogP contribution in [0, 0.1) is 6.92 Å². The zero-order valence-electron chi connectivity index (χ0n) is 23.0. The van der Waals surface area contributed by atoms with Gasteiger partial charge in [0, 0.05) is 17.8 Å². The number of nitrogens with zero attached hydrogens (tertiary/aromatic N) is 3. The van der Waals surface area contributed by atoms with Crippen molar-refractivity contribution in [1.29, 1.82) is 0 Å². The molecule has 0 aliphatic carbocycles. The van der Waals surface area contributed by atoms with Gasteiger partial charge in [0.2, 0.25) is 6.79 Å². The van der Waals surface area contributed by atoms with Crippen LogP contribution in [-0.4, -0.2) is 33.9 Å². The second kappa shape index (κ2) is 11.5. The zero-order valence-corrected chi connectivity index (χ0v) is 24.6. The molecule has 0 amide bonds. The lowest BCUT2D eigenvalue weighted by molar-refractivity contribution is -0.139. The second-order valence-electron chi connectivity index (χ2n) is 9.48. The summed E-state index contributed by atoms with van der Waals surface area (Å²) in [6.45, 7) is 5.77. The number of fused-ring (bicyclic) bond motifs is 2. The van der Waals surface area contributed by atoms with Crippen molar-refractivity contribution >= 4 is 35.1 Å². The smallest absolute Gasteiger partial charge is 0.338 e.